The van der Waals surface area contributed by atoms with Gasteiger partial charge in [-0.3, -0.25) is 0 Å². The SMILES string of the molecule is CCC(C)(C)COC1(C)C2CC3CC(C2)CC1C3. The lowest BCUT2D eigenvalue weighted by Crippen LogP contribution is -2.57. The fraction of sp³-hybridized carbons (Fsp3) is 1.00. The summed E-state index contributed by atoms with van der Waals surface area (Å²) in [6.45, 7) is 10.3. The highest BCUT2D eigenvalue weighted by molar-refractivity contribution is 5.06. The maximum Gasteiger partial charge on any atom is 0.0711 e. The Labute approximate surface area is 113 Å². The summed E-state index contributed by atoms with van der Waals surface area (Å²) in [5.74, 6) is 3.81. The van der Waals surface area contributed by atoms with Gasteiger partial charge >= 0.3 is 0 Å². The van der Waals surface area contributed by atoms with Crippen LogP contribution >= 0.6 is 0 Å². The van der Waals surface area contributed by atoms with E-state index in [-0.39, 0.29) is 5.60 Å². The van der Waals surface area contributed by atoms with E-state index >= 15 is 0 Å². The quantitative estimate of drug-likeness (QED) is 0.705. The first-order valence-corrected chi connectivity index (χ1v) is 8.07. The zero-order valence-corrected chi connectivity index (χ0v) is 12.7. The highest BCUT2D eigenvalue weighted by Crippen LogP contribution is 2.59. The van der Waals surface area contributed by atoms with Crippen molar-refractivity contribution in [2.75, 3.05) is 6.61 Å². The summed E-state index contributed by atoms with van der Waals surface area (Å²) < 4.78 is 6.56. The van der Waals surface area contributed by atoms with E-state index in [1.807, 2.05) is 0 Å². The Morgan fingerprint density at radius 2 is 1.50 bits per heavy atom. The normalized spacial score (nSPS) is 46.7. The van der Waals surface area contributed by atoms with Crippen molar-refractivity contribution in [3.63, 3.8) is 0 Å². The summed E-state index contributed by atoms with van der Waals surface area (Å²) in [5, 5.41) is 0. The molecule has 0 saturated heterocycles. The van der Waals surface area contributed by atoms with Gasteiger partial charge in [-0.05, 0) is 74.5 Å². The van der Waals surface area contributed by atoms with Gasteiger partial charge in [-0.1, -0.05) is 20.8 Å². The van der Waals surface area contributed by atoms with Crippen LogP contribution in [-0.4, -0.2) is 12.2 Å². The largest absolute Gasteiger partial charge is 0.374 e. The summed E-state index contributed by atoms with van der Waals surface area (Å²) in [7, 11) is 0. The molecular weight excluding hydrogens is 220 g/mol. The molecule has 0 aliphatic heterocycles. The molecule has 0 spiro atoms. The van der Waals surface area contributed by atoms with Crippen molar-refractivity contribution in [1.82, 2.24) is 0 Å². The maximum atomic E-state index is 6.56. The minimum Gasteiger partial charge on any atom is -0.374 e. The van der Waals surface area contributed by atoms with Crippen LogP contribution in [0.15, 0.2) is 0 Å². The lowest BCUT2D eigenvalue weighted by atomic mass is 9.50. The van der Waals surface area contributed by atoms with Crippen molar-refractivity contribution in [2.24, 2.45) is 29.1 Å². The molecule has 0 aromatic rings. The van der Waals surface area contributed by atoms with Crippen LogP contribution in [0.4, 0.5) is 0 Å². The van der Waals surface area contributed by atoms with Crippen LogP contribution in [0.5, 0.6) is 0 Å². The predicted octanol–water partition coefficient (Wildman–Crippen LogP) is 4.65. The van der Waals surface area contributed by atoms with Gasteiger partial charge in [0.25, 0.3) is 0 Å². The third-order valence-corrected chi connectivity index (χ3v) is 6.49. The summed E-state index contributed by atoms with van der Waals surface area (Å²) in [6, 6.07) is 0. The second-order valence-corrected chi connectivity index (χ2v) is 8.29. The Kier molecular flexibility index (Phi) is 3.05. The predicted molar refractivity (Wildman–Crippen MR) is 75.5 cm³/mol. The van der Waals surface area contributed by atoms with Crippen LogP contribution in [0.3, 0.4) is 0 Å². The van der Waals surface area contributed by atoms with Gasteiger partial charge in [0.1, 0.15) is 0 Å². The van der Waals surface area contributed by atoms with Crippen LogP contribution in [-0.2, 0) is 4.74 Å². The van der Waals surface area contributed by atoms with Crippen molar-refractivity contribution >= 4 is 0 Å². The van der Waals surface area contributed by atoms with E-state index in [0.29, 0.717) is 5.41 Å². The molecule has 18 heavy (non-hydrogen) atoms. The number of hydrogen-bond acceptors (Lipinski definition) is 1. The average Bonchev–Trinajstić information content (AvgIpc) is 2.33. The van der Waals surface area contributed by atoms with Gasteiger partial charge in [-0.15, -0.1) is 0 Å². The first-order chi connectivity index (χ1) is 8.43. The molecule has 0 aromatic heterocycles. The molecule has 0 heterocycles. The zero-order chi connectivity index (χ0) is 13.0. The fourth-order valence-electron chi connectivity index (χ4n) is 4.81. The molecule has 0 atom stereocenters. The van der Waals surface area contributed by atoms with Crippen LogP contribution < -0.4 is 0 Å². The Balaban J connectivity index is 1.70. The number of rotatable bonds is 4. The van der Waals surface area contributed by atoms with Crippen molar-refractivity contribution in [3.8, 4) is 0 Å². The molecule has 0 amide bonds. The molecule has 1 heteroatoms. The molecule has 4 aliphatic rings. The monoisotopic (exact) mass is 250 g/mol. The fourth-order valence-corrected chi connectivity index (χ4v) is 4.81. The van der Waals surface area contributed by atoms with Crippen LogP contribution in [0.1, 0.15) is 66.2 Å². The third-order valence-electron chi connectivity index (χ3n) is 6.49. The first kappa shape index (κ1) is 13.0. The van der Waals surface area contributed by atoms with Crippen LogP contribution in [0, 0.1) is 29.1 Å². The molecule has 4 fully saturated rings. The molecule has 0 aromatic carbocycles. The second kappa shape index (κ2) is 4.23. The summed E-state index contributed by atoms with van der Waals surface area (Å²) in [6.07, 6.45) is 8.56. The van der Waals surface area contributed by atoms with Gasteiger partial charge in [-0.2, -0.15) is 0 Å². The van der Waals surface area contributed by atoms with E-state index in [1.165, 1.54) is 38.5 Å². The molecule has 0 unspecified atom stereocenters. The molecular formula is C17H30O. The van der Waals surface area contributed by atoms with Gasteiger partial charge in [0.15, 0.2) is 0 Å². The Bertz CT molecular complexity index is 290. The van der Waals surface area contributed by atoms with Crippen LogP contribution in [0.25, 0.3) is 0 Å². The third kappa shape index (κ3) is 2.03. The molecule has 4 bridgehead atoms. The van der Waals surface area contributed by atoms with Gasteiger partial charge in [0, 0.05) is 0 Å². The van der Waals surface area contributed by atoms with E-state index in [2.05, 4.69) is 27.7 Å². The molecule has 4 aliphatic carbocycles. The molecule has 104 valence electrons. The number of ether oxygens (including phenoxy) is 1. The van der Waals surface area contributed by atoms with E-state index in [4.69, 9.17) is 4.74 Å². The molecule has 0 N–H and O–H groups in total. The smallest absolute Gasteiger partial charge is 0.0711 e. The Morgan fingerprint density at radius 3 is 1.94 bits per heavy atom. The summed E-state index contributed by atoms with van der Waals surface area (Å²) >= 11 is 0. The van der Waals surface area contributed by atoms with Gasteiger partial charge in [0.2, 0.25) is 0 Å². The van der Waals surface area contributed by atoms with E-state index < -0.39 is 0 Å². The lowest BCUT2D eigenvalue weighted by molar-refractivity contribution is -0.205. The van der Waals surface area contributed by atoms with Gasteiger partial charge in [-0.25, -0.2) is 0 Å². The van der Waals surface area contributed by atoms with Crippen molar-refractivity contribution in [2.45, 2.75) is 71.8 Å². The van der Waals surface area contributed by atoms with Crippen molar-refractivity contribution in [1.29, 1.82) is 0 Å². The highest BCUT2D eigenvalue weighted by Gasteiger charge is 2.55. The van der Waals surface area contributed by atoms with Crippen molar-refractivity contribution in [3.05, 3.63) is 0 Å². The average molecular weight is 250 g/mol. The second-order valence-electron chi connectivity index (χ2n) is 8.29. The van der Waals surface area contributed by atoms with Gasteiger partial charge < -0.3 is 4.74 Å². The maximum absolute atomic E-state index is 6.56. The van der Waals surface area contributed by atoms with Crippen LogP contribution in [0.2, 0.25) is 0 Å². The Morgan fingerprint density at radius 1 is 1.00 bits per heavy atom. The minimum atomic E-state index is 0.208. The first-order valence-electron chi connectivity index (χ1n) is 8.07. The highest BCUT2D eigenvalue weighted by atomic mass is 16.5. The zero-order valence-electron chi connectivity index (χ0n) is 12.7. The molecule has 4 saturated carbocycles. The van der Waals surface area contributed by atoms with E-state index in [1.54, 1.807) is 0 Å². The standard InChI is InChI=1S/C17H30O/c1-5-16(2,3)11-18-17(4)14-7-12-6-13(9-14)10-15(17)8-12/h12-15H,5-11H2,1-4H3. The number of hydrogen-bond donors (Lipinski definition) is 0. The summed E-state index contributed by atoms with van der Waals surface area (Å²) in [5.41, 5.74) is 0.553. The van der Waals surface area contributed by atoms with Gasteiger partial charge in [0.05, 0.1) is 12.2 Å². The molecule has 4 rings (SSSR count). The van der Waals surface area contributed by atoms with Crippen molar-refractivity contribution < 1.29 is 4.74 Å². The molecule has 0 radical (unpaired) electrons. The lowest BCUT2D eigenvalue weighted by Gasteiger charge is -2.60. The minimum absolute atomic E-state index is 0.208. The van der Waals surface area contributed by atoms with E-state index in [9.17, 15) is 0 Å². The summed E-state index contributed by atoms with van der Waals surface area (Å²) in [4.78, 5) is 0. The Hall–Kier alpha value is -0.0400. The molecule has 1 nitrogen and oxygen atoms in total. The topological polar surface area (TPSA) is 9.23 Å². The van der Waals surface area contributed by atoms with E-state index in [0.717, 1.165) is 30.3 Å².